The van der Waals surface area contributed by atoms with Crippen LogP contribution in [0.2, 0.25) is 0 Å². The van der Waals surface area contributed by atoms with E-state index in [4.69, 9.17) is 9.84 Å². The molecule has 2 aliphatic heterocycles. The van der Waals surface area contributed by atoms with Crippen LogP contribution in [0, 0.1) is 0 Å². The molecule has 0 aliphatic carbocycles. The monoisotopic (exact) mass is 379 g/mol. The lowest BCUT2D eigenvalue weighted by atomic mass is 9.81. The van der Waals surface area contributed by atoms with E-state index >= 15 is 0 Å². The SMILES string of the molecule is CC(C)N1CCC2(CC1)CC(=O)c1cc(-c3ccc(C(=O)O)cc3)ccc1O2. The summed E-state index contributed by atoms with van der Waals surface area (Å²) in [5, 5.41) is 9.04. The molecule has 2 aromatic rings. The topological polar surface area (TPSA) is 66.8 Å². The van der Waals surface area contributed by atoms with Crippen LogP contribution in [0.5, 0.6) is 5.75 Å². The lowest BCUT2D eigenvalue weighted by Gasteiger charge is -2.45. The van der Waals surface area contributed by atoms with Crippen LogP contribution in [0.4, 0.5) is 0 Å². The maximum absolute atomic E-state index is 12.9. The van der Waals surface area contributed by atoms with E-state index in [2.05, 4.69) is 18.7 Å². The third-order valence-corrected chi connectivity index (χ3v) is 5.99. The van der Waals surface area contributed by atoms with Crippen LogP contribution in [0.3, 0.4) is 0 Å². The first-order valence-corrected chi connectivity index (χ1v) is 9.81. The average Bonchev–Trinajstić information content (AvgIpc) is 2.68. The predicted molar refractivity (Wildman–Crippen MR) is 107 cm³/mol. The summed E-state index contributed by atoms with van der Waals surface area (Å²) >= 11 is 0. The number of hydrogen-bond acceptors (Lipinski definition) is 4. The van der Waals surface area contributed by atoms with E-state index in [9.17, 15) is 9.59 Å². The molecule has 0 bridgehead atoms. The molecule has 0 unspecified atom stereocenters. The first kappa shape index (κ1) is 18.7. The Hall–Kier alpha value is -2.66. The summed E-state index contributed by atoms with van der Waals surface area (Å²) < 4.78 is 6.38. The highest BCUT2D eigenvalue weighted by Gasteiger charge is 2.43. The molecule has 1 spiro atoms. The van der Waals surface area contributed by atoms with Gasteiger partial charge in [0, 0.05) is 32.0 Å². The molecule has 5 heteroatoms. The van der Waals surface area contributed by atoms with Crippen LogP contribution >= 0.6 is 0 Å². The number of fused-ring (bicyclic) bond motifs is 1. The van der Waals surface area contributed by atoms with Crippen molar-refractivity contribution in [3.8, 4) is 16.9 Å². The Morgan fingerprint density at radius 2 is 1.71 bits per heavy atom. The predicted octanol–water partition coefficient (Wildman–Crippen LogP) is 4.26. The van der Waals surface area contributed by atoms with Crippen molar-refractivity contribution in [3.63, 3.8) is 0 Å². The largest absolute Gasteiger partial charge is 0.486 e. The smallest absolute Gasteiger partial charge is 0.335 e. The first-order chi connectivity index (χ1) is 13.4. The highest BCUT2D eigenvalue weighted by molar-refractivity contribution is 6.01. The molecule has 0 aromatic heterocycles. The van der Waals surface area contributed by atoms with Crippen LogP contribution in [-0.2, 0) is 0 Å². The quantitative estimate of drug-likeness (QED) is 0.863. The third-order valence-electron chi connectivity index (χ3n) is 5.99. The maximum atomic E-state index is 12.9. The Balaban J connectivity index is 1.57. The fourth-order valence-corrected chi connectivity index (χ4v) is 4.21. The Labute approximate surface area is 164 Å². The van der Waals surface area contributed by atoms with Crippen LogP contribution in [0.25, 0.3) is 11.1 Å². The second-order valence-corrected chi connectivity index (χ2v) is 8.11. The molecular formula is C23H25NO4. The summed E-state index contributed by atoms with van der Waals surface area (Å²) in [6.45, 7) is 6.30. The summed E-state index contributed by atoms with van der Waals surface area (Å²) in [7, 11) is 0. The maximum Gasteiger partial charge on any atom is 0.335 e. The number of benzene rings is 2. The molecular weight excluding hydrogens is 354 g/mol. The number of carboxylic acid groups (broad SMARTS) is 1. The van der Waals surface area contributed by atoms with Gasteiger partial charge in [-0.1, -0.05) is 18.2 Å². The fourth-order valence-electron chi connectivity index (χ4n) is 4.21. The van der Waals surface area contributed by atoms with Crippen LogP contribution in [-0.4, -0.2) is 46.5 Å². The van der Waals surface area contributed by atoms with Gasteiger partial charge >= 0.3 is 5.97 Å². The van der Waals surface area contributed by atoms with Crippen molar-refractivity contribution in [2.75, 3.05) is 13.1 Å². The van der Waals surface area contributed by atoms with Gasteiger partial charge < -0.3 is 14.7 Å². The normalized spacial score (nSPS) is 18.8. The van der Waals surface area contributed by atoms with Gasteiger partial charge in [0.25, 0.3) is 0 Å². The number of hydrogen-bond donors (Lipinski definition) is 1. The number of carboxylic acids is 1. The minimum absolute atomic E-state index is 0.128. The van der Waals surface area contributed by atoms with Crippen molar-refractivity contribution in [3.05, 3.63) is 53.6 Å². The van der Waals surface area contributed by atoms with Crippen LogP contribution in [0.1, 0.15) is 53.8 Å². The Morgan fingerprint density at radius 1 is 1.07 bits per heavy atom. The van der Waals surface area contributed by atoms with Gasteiger partial charge in [-0.25, -0.2) is 4.79 Å². The second kappa shape index (κ2) is 7.06. The van der Waals surface area contributed by atoms with E-state index in [0.717, 1.165) is 37.1 Å². The number of Topliss-reactive ketones (excluding diaryl/α,β-unsaturated/α-hetero) is 1. The van der Waals surface area contributed by atoms with Crippen LogP contribution < -0.4 is 4.74 Å². The lowest BCUT2D eigenvalue weighted by Crippen LogP contribution is -2.52. The van der Waals surface area contributed by atoms with Crippen molar-refractivity contribution in [1.29, 1.82) is 0 Å². The average molecular weight is 379 g/mol. The van der Waals surface area contributed by atoms with Gasteiger partial charge in [0.05, 0.1) is 17.5 Å². The molecule has 28 heavy (non-hydrogen) atoms. The van der Waals surface area contributed by atoms with Gasteiger partial charge in [-0.2, -0.15) is 0 Å². The van der Waals surface area contributed by atoms with E-state index < -0.39 is 5.97 Å². The zero-order chi connectivity index (χ0) is 19.9. The van der Waals surface area contributed by atoms with Crippen molar-refractivity contribution in [1.82, 2.24) is 4.90 Å². The molecule has 0 amide bonds. The lowest BCUT2D eigenvalue weighted by molar-refractivity contribution is -0.0153. The van der Waals surface area contributed by atoms with Crippen molar-refractivity contribution in [2.45, 2.75) is 44.8 Å². The fraction of sp³-hybridized carbons (Fsp3) is 0.391. The number of carbonyl (C=O) groups excluding carboxylic acids is 1. The van der Waals surface area contributed by atoms with Gasteiger partial charge in [0.2, 0.25) is 0 Å². The molecule has 0 atom stereocenters. The summed E-state index contributed by atoms with van der Waals surface area (Å²) in [4.78, 5) is 26.4. The summed E-state index contributed by atoms with van der Waals surface area (Å²) in [5.41, 5.74) is 2.26. The van der Waals surface area contributed by atoms with E-state index in [1.165, 1.54) is 0 Å². The Bertz CT molecular complexity index is 909. The second-order valence-electron chi connectivity index (χ2n) is 8.11. The van der Waals surface area contributed by atoms with Crippen molar-refractivity contribution >= 4 is 11.8 Å². The molecule has 2 aliphatic rings. The molecule has 2 aromatic carbocycles. The molecule has 1 fully saturated rings. The van der Waals surface area contributed by atoms with Gasteiger partial charge in [-0.3, -0.25) is 4.79 Å². The number of likely N-dealkylation sites (tertiary alicyclic amines) is 1. The van der Waals surface area contributed by atoms with E-state index in [-0.39, 0.29) is 16.9 Å². The van der Waals surface area contributed by atoms with Gasteiger partial charge in [0.1, 0.15) is 11.4 Å². The number of carbonyl (C=O) groups is 2. The molecule has 146 valence electrons. The zero-order valence-electron chi connectivity index (χ0n) is 16.3. The third kappa shape index (κ3) is 3.42. The number of rotatable bonds is 3. The van der Waals surface area contributed by atoms with E-state index in [1.54, 1.807) is 24.3 Å². The Morgan fingerprint density at radius 3 is 2.32 bits per heavy atom. The van der Waals surface area contributed by atoms with Gasteiger partial charge in [0.15, 0.2) is 5.78 Å². The molecule has 1 N–H and O–H groups in total. The number of nitrogens with zero attached hydrogens (tertiary/aromatic N) is 1. The number of piperidine rings is 1. The zero-order valence-corrected chi connectivity index (χ0v) is 16.3. The van der Waals surface area contributed by atoms with Crippen LogP contribution in [0.15, 0.2) is 42.5 Å². The van der Waals surface area contributed by atoms with Crippen molar-refractivity contribution < 1.29 is 19.4 Å². The Kier molecular flexibility index (Phi) is 4.71. The molecule has 5 nitrogen and oxygen atoms in total. The van der Waals surface area contributed by atoms with E-state index in [0.29, 0.717) is 23.8 Å². The van der Waals surface area contributed by atoms with Gasteiger partial charge in [-0.05, 0) is 49.2 Å². The minimum atomic E-state index is -0.950. The van der Waals surface area contributed by atoms with Gasteiger partial charge in [-0.15, -0.1) is 0 Å². The molecule has 0 saturated carbocycles. The molecule has 4 rings (SSSR count). The number of ether oxygens (including phenoxy) is 1. The summed E-state index contributed by atoms with van der Waals surface area (Å²) in [6, 6.07) is 12.9. The molecule has 2 heterocycles. The molecule has 1 saturated heterocycles. The first-order valence-electron chi connectivity index (χ1n) is 9.81. The summed E-state index contributed by atoms with van der Waals surface area (Å²) in [5.74, 6) is -0.155. The molecule has 0 radical (unpaired) electrons. The number of ketones is 1. The number of aromatic carboxylic acids is 1. The highest BCUT2D eigenvalue weighted by atomic mass is 16.5. The highest BCUT2D eigenvalue weighted by Crippen LogP contribution is 2.41. The van der Waals surface area contributed by atoms with Crippen molar-refractivity contribution in [2.24, 2.45) is 0 Å². The summed E-state index contributed by atoms with van der Waals surface area (Å²) in [6.07, 6.45) is 2.16. The van der Waals surface area contributed by atoms with E-state index in [1.807, 2.05) is 18.2 Å². The minimum Gasteiger partial charge on any atom is -0.486 e. The standard InChI is InChI=1S/C23H25NO4/c1-15(2)24-11-9-23(10-12-24)14-20(25)19-13-18(7-8-21(19)28-23)16-3-5-17(6-4-16)22(26)27/h3-8,13,15H,9-12,14H2,1-2H3,(H,26,27).